The van der Waals surface area contributed by atoms with E-state index >= 15 is 0 Å². The van der Waals surface area contributed by atoms with E-state index in [1.54, 1.807) is 24.3 Å². The second-order valence-corrected chi connectivity index (χ2v) is 7.21. The molecule has 1 amide bonds. The molecule has 1 heterocycles. The summed E-state index contributed by atoms with van der Waals surface area (Å²) in [7, 11) is 0. The molecular weight excluding hydrogens is 406 g/mol. The van der Waals surface area contributed by atoms with Crippen molar-refractivity contribution < 1.29 is 18.8 Å². The maximum Gasteiger partial charge on any atom is 0.340 e. The van der Waals surface area contributed by atoms with Crippen LogP contribution in [0.3, 0.4) is 0 Å². The average Bonchev–Trinajstić information content (AvgIpc) is 3.28. The zero-order chi connectivity index (χ0) is 22.3. The van der Waals surface area contributed by atoms with Gasteiger partial charge in [0.05, 0.1) is 17.7 Å². The van der Waals surface area contributed by atoms with Gasteiger partial charge in [0.2, 0.25) is 11.7 Å². The number of carbonyl (C=O) groups is 2. The first-order chi connectivity index (χ1) is 15.6. The van der Waals surface area contributed by atoms with E-state index in [1.165, 1.54) is 0 Å². The fourth-order valence-corrected chi connectivity index (χ4v) is 3.08. The van der Waals surface area contributed by atoms with Crippen LogP contribution in [0.1, 0.15) is 27.4 Å². The smallest absolute Gasteiger partial charge is 0.340 e. The molecule has 32 heavy (non-hydrogen) atoms. The number of esters is 1. The van der Waals surface area contributed by atoms with Crippen LogP contribution in [0.15, 0.2) is 83.4 Å². The Morgan fingerprint density at radius 3 is 2.44 bits per heavy atom. The topological polar surface area (TPSA) is 94.3 Å². The van der Waals surface area contributed by atoms with Crippen molar-refractivity contribution in [3.05, 3.63) is 101 Å². The quantitative estimate of drug-likeness (QED) is 0.434. The van der Waals surface area contributed by atoms with E-state index in [4.69, 9.17) is 9.26 Å². The average molecular weight is 427 g/mol. The van der Waals surface area contributed by atoms with Gasteiger partial charge in [-0.1, -0.05) is 77.5 Å². The van der Waals surface area contributed by atoms with Crippen molar-refractivity contribution in [3.63, 3.8) is 0 Å². The lowest BCUT2D eigenvalue weighted by Gasteiger charge is -2.10. The zero-order valence-corrected chi connectivity index (χ0v) is 17.4. The van der Waals surface area contributed by atoms with Crippen LogP contribution in [-0.2, 0) is 22.6 Å². The Morgan fingerprint density at radius 2 is 1.66 bits per heavy atom. The Kier molecular flexibility index (Phi) is 6.36. The highest BCUT2D eigenvalue weighted by Crippen LogP contribution is 2.19. The molecule has 0 bridgehead atoms. The highest BCUT2D eigenvalue weighted by molar-refractivity contribution is 6.01. The SMILES string of the molecule is Cc1ccc(-c2noc(COC(=O)c3ccccc3NC(=O)Cc3ccccc3)n2)cc1. The van der Waals surface area contributed by atoms with Gasteiger partial charge < -0.3 is 14.6 Å². The summed E-state index contributed by atoms with van der Waals surface area (Å²) < 4.78 is 10.5. The maximum absolute atomic E-state index is 12.6. The number of para-hydroxylation sites is 1. The number of benzene rings is 3. The Morgan fingerprint density at radius 1 is 0.938 bits per heavy atom. The molecule has 0 saturated carbocycles. The van der Waals surface area contributed by atoms with Crippen molar-refractivity contribution in [2.24, 2.45) is 0 Å². The Bertz CT molecular complexity index is 1220. The first-order valence-corrected chi connectivity index (χ1v) is 10.1. The summed E-state index contributed by atoms with van der Waals surface area (Å²) >= 11 is 0. The largest absolute Gasteiger partial charge is 0.452 e. The fourth-order valence-electron chi connectivity index (χ4n) is 3.08. The molecule has 7 nitrogen and oxygen atoms in total. The van der Waals surface area contributed by atoms with Gasteiger partial charge in [-0.3, -0.25) is 4.79 Å². The van der Waals surface area contributed by atoms with Crippen LogP contribution in [0, 0.1) is 6.92 Å². The minimum Gasteiger partial charge on any atom is -0.452 e. The van der Waals surface area contributed by atoms with Gasteiger partial charge in [-0.25, -0.2) is 4.79 Å². The predicted octanol–water partition coefficient (Wildman–Crippen LogP) is 4.58. The molecule has 0 unspecified atom stereocenters. The van der Waals surface area contributed by atoms with E-state index in [0.29, 0.717) is 11.5 Å². The first-order valence-electron chi connectivity index (χ1n) is 10.1. The van der Waals surface area contributed by atoms with E-state index in [1.807, 2.05) is 61.5 Å². The molecule has 0 fully saturated rings. The van der Waals surface area contributed by atoms with Gasteiger partial charge in [-0.2, -0.15) is 4.98 Å². The molecular formula is C25H21N3O4. The molecule has 4 aromatic rings. The second-order valence-electron chi connectivity index (χ2n) is 7.21. The van der Waals surface area contributed by atoms with Crippen molar-refractivity contribution in [1.29, 1.82) is 0 Å². The Hall–Kier alpha value is -4.26. The molecule has 0 spiro atoms. The monoisotopic (exact) mass is 427 g/mol. The summed E-state index contributed by atoms with van der Waals surface area (Å²) in [6.45, 7) is 1.82. The van der Waals surface area contributed by atoms with Gasteiger partial charge in [0.25, 0.3) is 5.89 Å². The maximum atomic E-state index is 12.6. The van der Waals surface area contributed by atoms with Crippen LogP contribution in [-0.4, -0.2) is 22.0 Å². The summed E-state index contributed by atoms with van der Waals surface area (Å²) in [5.74, 6) is -0.226. The molecule has 0 atom stereocenters. The lowest BCUT2D eigenvalue weighted by molar-refractivity contribution is -0.115. The molecule has 3 aromatic carbocycles. The lowest BCUT2D eigenvalue weighted by atomic mass is 10.1. The van der Waals surface area contributed by atoms with Gasteiger partial charge in [-0.05, 0) is 24.6 Å². The summed E-state index contributed by atoms with van der Waals surface area (Å²) in [4.78, 5) is 29.3. The summed E-state index contributed by atoms with van der Waals surface area (Å²) in [6.07, 6.45) is 0.202. The number of hydrogen-bond donors (Lipinski definition) is 1. The molecule has 0 aliphatic heterocycles. The van der Waals surface area contributed by atoms with E-state index in [9.17, 15) is 9.59 Å². The summed E-state index contributed by atoms with van der Waals surface area (Å²) in [5.41, 5.74) is 3.44. The summed E-state index contributed by atoms with van der Waals surface area (Å²) in [5, 5.41) is 6.71. The third-order valence-electron chi connectivity index (χ3n) is 4.73. The number of hydrogen-bond acceptors (Lipinski definition) is 6. The van der Waals surface area contributed by atoms with Crippen molar-refractivity contribution in [2.75, 3.05) is 5.32 Å². The zero-order valence-electron chi connectivity index (χ0n) is 17.4. The Balaban J connectivity index is 1.39. The number of amides is 1. The normalized spacial score (nSPS) is 10.5. The van der Waals surface area contributed by atoms with E-state index < -0.39 is 5.97 Å². The number of rotatable bonds is 7. The van der Waals surface area contributed by atoms with Crippen molar-refractivity contribution >= 4 is 17.6 Å². The van der Waals surface area contributed by atoms with Crippen molar-refractivity contribution in [2.45, 2.75) is 20.0 Å². The number of aryl methyl sites for hydroxylation is 1. The molecule has 0 radical (unpaired) electrons. The molecule has 7 heteroatoms. The molecule has 4 rings (SSSR count). The third-order valence-corrected chi connectivity index (χ3v) is 4.73. The van der Waals surface area contributed by atoms with Gasteiger partial charge in [0.1, 0.15) is 0 Å². The van der Waals surface area contributed by atoms with Crippen LogP contribution < -0.4 is 5.32 Å². The third kappa shape index (κ3) is 5.26. The molecule has 0 aliphatic carbocycles. The first kappa shape index (κ1) is 21.0. The standard InChI is InChI=1S/C25H21N3O4/c1-17-11-13-19(14-12-17)24-27-23(32-28-24)16-31-25(30)20-9-5-6-10-21(20)26-22(29)15-18-7-3-2-4-8-18/h2-14H,15-16H2,1H3,(H,26,29). The highest BCUT2D eigenvalue weighted by Gasteiger charge is 2.17. The number of nitrogens with one attached hydrogen (secondary N) is 1. The summed E-state index contributed by atoms with van der Waals surface area (Å²) in [6, 6.07) is 23.7. The molecule has 0 saturated heterocycles. The van der Waals surface area contributed by atoms with Gasteiger partial charge in [-0.15, -0.1) is 0 Å². The molecule has 0 aliphatic rings. The van der Waals surface area contributed by atoms with Gasteiger partial charge >= 0.3 is 5.97 Å². The Labute approximate surface area is 185 Å². The molecule has 1 N–H and O–H groups in total. The van der Waals surface area contributed by atoms with E-state index in [0.717, 1.165) is 16.7 Å². The van der Waals surface area contributed by atoms with Crippen LogP contribution in [0.2, 0.25) is 0 Å². The predicted molar refractivity (Wildman–Crippen MR) is 119 cm³/mol. The van der Waals surface area contributed by atoms with Crippen molar-refractivity contribution in [3.8, 4) is 11.4 Å². The minimum atomic E-state index is -0.601. The highest BCUT2D eigenvalue weighted by atomic mass is 16.6. The number of nitrogens with zero attached hydrogens (tertiary/aromatic N) is 2. The molecule has 160 valence electrons. The second kappa shape index (κ2) is 9.70. The van der Waals surface area contributed by atoms with Gasteiger partial charge in [0, 0.05) is 5.56 Å². The number of ether oxygens (including phenoxy) is 1. The van der Waals surface area contributed by atoms with Crippen LogP contribution >= 0.6 is 0 Å². The minimum absolute atomic E-state index is 0.177. The fraction of sp³-hybridized carbons (Fsp3) is 0.120. The number of carbonyl (C=O) groups excluding carboxylic acids is 2. The van der Waals surface area contributed by atoms with Crippen LogP contribution in [0.4, 0.5) is 5.69 Å². The number of anilines is 1. The lowest BCUT2D eigenvalue weighted by Crippen LogP contribution is -2.17. The van der Waals surface area contributed by atoms with Crippen molar-refractivity contribution in [1.82, 2.24) is 10.1 Å². The van der Waals surface area contributed by atoms with Crippen LogP contribution in [0.5, 0.6) is 0 Å². The van der Waals surface area contributed by atoms with Crippen LogP contribution in [0.25, 0.3) is 11.4 Å². The number of aromatic nitrogens is 2. The molecule has 1 aromatic heterocycles. The van der Waals surface area contributed by atoms with E-state index in [2.05, 4.69) is 15.5 Å². The van der Waals surface area contributed by atoms with Gasteiger partial charge in [0.15, 0.2) is 6.61 Å². The van der Waals surface area contributed by atoms with E-state index in [-0.39, 0.29) is 30.4 Å².